The van der Waals surface area contributed by atoms with Crippen LogP contribution in [0, 0.1) is 0 Å². The van der Waals surface area contributed by atoms with Gasteiger partial charge in [0.1, 0.15) is 4.32 Å². The fraction of sp³-hybridized carbons (Fsp3) is 0.421. The molecule has 1 fully saturated rings. The summed E-state index contributed by atoms with van der Waals surface area (Å²) in [6, 6.07) is 7.67. The summed E-state index contributed by atoms with van der Waals surface area (Å²) < 4.78 is 5.56. The number of hydrogen-bond donors (Lipinski definition) is 0. The van der Waals surface area contributed by atoms with Crippen molar-refractivity contribution >= 4 is 51.4 Å². The number of benzene rings is 1. The summed E-state index contributed by atoms with van der Waals surface area (Å²) in [5.41, 5.74) is 2.19. The normalized spacial score (nSPS) is 19.7. The summed E-state index contributed by atoms with van der Waals surface area (Å²) in [6.45, 7) is 3.82. The number of ether oxygens (including phenoxy) is 1. The van der Waals surface area contributed by atoms with E-state index in [0.717, 1.165) is 24.1 Å². The number of anilines is 1. The van der Waals surface area contributed by atoms with E-state index in [1.54, 1.807) is 16.9 Å². The van der Waals surface area contributed by atoms with Crippen LogP contribution in [0.15, 0.2) is 29.2 Å². The first-order chi connectivity index (χ1) is 12.6. The summed E-state index contributed by atoms with van der Waals surface area (Å²) in [4.78, 5) is 29.8. The molecule has 2 heterocycles. The molecule has 2 amide bonds. The van der Waals surface area contributed by atoms with E-state index in [9.17, 15) is 9.59 Å². The van der Waals surface area contributed by atoms with Gasteiger partial charge in [0.05, 0.1) is 16.2 Å². The van der Waals surface area contributed by atoms with Crippen molar-refractivity contribution in [3.63, 3.8) is 0 Å². The van der Waals surface area contributed by atoms with Crippen molar-refractivity contribution < 1.29 is 14.3 Å². The first-order valence-corrected chi connectivity index (χ1v) is 10.0. The zero-order valence-electron chi connectivity index (χ0n) is 15.0. The molecule has 0 aromatic heterocycles. The summed E-state index contributed by atoms with van der Waals surface area (Å²) >= 11 is 6.61. The number of carbonyl (C=O) groups excluding carboxylic acids is 2. The molecule has 138 valence electrons. The third-order valence-electron chi connectivity index (χ3n) is 4.46. The molecule has 5 nitrogen and oxygen atoms in total. The first-order valence-electron chi connectivity index (χ1n) is 8.78. The molecule has 0 atom stereocenters. The fourth-order valence-corrected chi connectivity index (χ4v) is 4.53. The van der Waals surface area contributed by atoms with Gasteiger partial charge in [-0.05, 0) is 18.9 Å². The number of methoxy groups -OCH3 is 1. The Kier molecular flexibility index (Phi) is 6.11. The van der Waals surface area contributed by atoms with Gasteiger partial charge in [-0.25, -0.2) is 0 Å². The number of unbranched alkanes of at least 4 members (excludes halogenated alkanes) is 1. The largest absolute Gasteiger partial charge is 0.385 e. The molecule has 3 rings (SSSR count). The van der Waals surface area contributed by atoms with Crippen molar-refractivity contribution in [2.75, 3.05) is 31.7 Å². The third kappa shape index (κ3) is 3.43. The van der Waals surface area contributed by atoms with E-state index in [1.807, 2.05) is 24.3 Å². The molecule has 2 aliphatic heterocycles. The van der Waals surface area contributed by atoms with Gasteiger partial charge in [0.2, 0.25) is 0 Å². The van der Waals surface area contributed by atoms with Crippen LogP contribution in [-0.4, -0.2) is 47.8 Å². The minimum Gasteiger partial charge on any atom is -0.385 e. The lowest BCUT2D eigenvalue weighted by atomic mass is 10.1. The van der Waals surface area contributed by atoms with Crippen LogP contribution in [0.4, 0.5) is 5.69 Å². The SMILES string of the molecule is CCCCN1C(=O)/C(=C2\SC(=S)N(CCCOC)C2=O)c2ccccc21. The number of thiocarbonyl (C=S) groups is 1. The molecule has 0 aliphatic carbocycles. The summed E-state index contributed by atoms with van der Waals surface area (Å²) in [7, 11) is 1.63. The van der Waals surface area contributed by atoms with Crippen molar-refractivity contribution in [2.24, 2.45) is 0 Å². The van der Waals surface area contributed by atoms with Gasteiger partial charge in [-0.15, -0.1) is 0 Å². The van der Waals surface area contributed by atoms with Crippen LogP contribution in [0.3, 0.4) is 0 Å². The molecular formula is C19H22N2O3S2. The smallest absolute Gasteiger partial charge is 0.267 e. The van der Waals surface area contributed by atoms with E-state index in [1.165, 1.54) is 11.8 Å². The van der Waals surface area contributed by atoms with Gasteiger partial charge in [0.15, 0.2) is 0 Å². The maximum Gasteiger partial charge on any atom is 0.267 e. The maximum absolute atomic E-state index is 13.1. The molecule has 1 saturated heterocycles. The van der Waals surface area contributed by atoms with Crippen LogP contribution in [0.2, 0.25) is 0 Å². The molecule has 0 spiro atoms. The van der Waals surface area contributed by atoms with Crippen LogP contribution in [0.1, 0.15) is 31.7 Å². The van der Waals surface area contributed by atoms with Gasteiger partial charge in [-0.3, -0.25) is 14.5 Å². The van der Waals surface area contributed by atoms with Crippen molar-refractivity contribution in [1.29, 1.82) is 0 Å². The minimum absolute atomic E-state index is 0.1000. The predicted molar refractivity (Wildman–Crippen MR) is 109 cm³/mol. The van der Waals surface area contributed by atoms with E-state index in [0.29, 0.717) is 40.9 Å². The maximum atomic E-state index is 13.1. The number of carbonyl (C=O) groups is 2. The number of hydrogen-bond acceptors (Lipinski definition) is 5. The molecule has 0 radical (unpaired) electrons. The van der Waals surface area contributed by atoms with Gasteiger partial charge in [-0.2, -0.15) is 0 Å². The average Bonchev–Trinajstić information content (AvgIpc) is 3.07. The Hall–Kier alpha value is -1.70. The van der Waals surface area contributed by atoms with Crippen molar-refractivity contribution in [2.45, 2.75) is 26.2 Å². The van der Waals surface area contributed by atoms with E-state index in [4.69, 9.17) is 17.0 Å². The lowest BCUT2D eigenvalue weighted by molar-refractivity contribution is -0.122. The number of fused-ring (bicyclic) bond motifs is 1. The number of para-hydroxylation sites is 1. The Bertz CT molecular complexity index is 776. The Morgan fingerprint density at radius 3 is 2.54 bits per heavy atom. The monoisotopic (exact) mass is 390 g/mol. The van der Waals surface area contributed by atoms with Gasteiger partial charge in [0.25, 0.3) is 11.8 Å². The number of thioether (sulfide) groups is 1. The van der Waals surface area contributed by atoms with Crippen LogP contribution in [-0.2, 0) is 14.3 Å². The number of rotatable bonds is 7. The molecule has 1 aromatic carbocycles. The van der Waals surface area contributed by atoms with Crippen LogP contribution in [0.5, 0.6) is 0 Å². The Morgan fingerprint density at radius 1 is 1.08 bits per heavy atom. The van der Waals surface area contributed by atoms with Crippen LogP contribution in [0.25, 0.3) is 5.57 Å². The molecule has 26 heavy (non-hydrogen) atoms. The zero-order chi connectivity index (χ0) is 18.7. The van der Waals surface area contributed by atoms with Gasteiger partial charge in [-0.1, -0.05) is 55.5 Å². The highest BCUT2D eigenvalue weighted by Crippen LogP contribution is 2.44. The van der Waals surface area contributed by atoms with Crippen molar-refractivity contribution in [3.05, 3.63) is 34.7 Å². The Balaban J connectivity index is 1.96. The van der Waals surface area contributed by atoms with Crippen LogP contribution < -0.4 is 4.90 Å². The zero-order valence-corrected chi connectivity index (χ0v) is 16.6. The number of amides is 2. The second-order valence-corrected chi connectivity index (χ2v) is 7.85. The molecule has 1 aromatic rings. The third-order valence-corrected chi connectivity index (χ3v) is 5.91. The Morgan fingerprint density at radius 2 is 1.81 bits per heavy atom. The first kappa shape index (κ1) is 19.1. The molecule has 2 aliphatic rings. The minimum atomic E-state index is -0.174. The molecule has 7 heteroatoms. The second kappa shape index (κ2) is 8.33. The highest BCUT2D eigenvalue weighted by Gasteiger charge is 2.41. The standard InChI is InChI=1S/C19H22N2O3S2/c1-3-4-10-20-14-9-6-5-8-13(14)15(17(20)22)16-18(23)21(19(25)26-16)11-7-12-24-2/h5-6,8-9H,3-4,7,10-12H2,1-2H3/b16-15-. The highest BCUT2D eigenvalue weighted by atomic mass is 32.2. The average molecular weight is 391 g/mol. The van der Waals surface area contributed by atoms with Gasteiger partial charge < -0.3 is 9.64 Å². The number of nitrogens with zero attached hydrogens (tertiary/aromatic N) is 2. The van der Waals surface area contributed by atoms with Gasteiger partial charge in [0, 0.05) is 32.4 Å². The summed E-state index contributed by atoms with van der Waals surface area (Å²) in [5.74, 6) is -0.274. The molecule has 0 N–H and O–H groups in total. The topological polar surface area (TPSA) is 49.9 Å². The van der Waals surface area contributed by atoms with Crippen molar-refractivity contribution in [1.82, 2.24) is 4.90 Å². The van der Waals surface area contributed by atoms with E-state index >= 15 is 0 Å². The molecule has 0 bridgehead atoms. The van der Waals surface area contributed by atoms with E-state index in [-0.39, 0.29) is 11.8 Å². The summed E-state index contributed by atoms with van der Waals surface area (Å²) in [6.07, 6.45) is 2.63. The predicted octanol–water partition coefficient (Wildman–Crippen LogP) is 3.44. The quantitative estimate of drug-likeness (QED) is 0.406. The fourth-order valence-electron chi connectivity index (χ4n) is 3.15. The lowest BCUT2D eigenvalue weighted by Crippen LogP contribution is -2.31. The molecule has 0 saturated carbocycles. The van der Waals surface area contributed by atoms with Gasteiger partial charge >= 0.3 is 0 Å². The molecule has 0 unspecified atom stereocenters. The highest BCUT2D eigenvalue weighted by molar-refractivity contribution is 8.26. The summed E-state index contributed by atoms with van der Waals surface area (Å²) in [5, 5.41) is 0. The Labute approximate surface area is 163 Å². The van der Waals surface area contributed by atoms with E-state index < -0.39 is 0 Å². The lowest BCUT2D eigenvalue weighted by Gasteiger charge is -2.16. The van der Waals surface area contributed by atoms with Crippen molar-refractivity contribution in [3.8, 4) is 0 Å². The second-order valence-electron chi connectivity index (χ2n) is 6.20. The van der Waals surface area contributed by atoms with E-state index in [2.05, 4.69) is 6.92 Å². The molecular weight excluding hydrogens is 368 g/mol. The van der Waals surface area contributed by atoms with Crippen LogP contribution >= 0.6 is 24.0 Å².